The van der Waals surface area contributed by atoms with E-state index in [2.05, 4.69) is 243 Å². The molecule has 0 aliphatic heterocycles. The van der Waals surface area contributed by atoms with Gasteiger partial charge < -0.3 is 0 Å². The molecule has 0 saturated heterocycles. The third-order valence-corrected chi connectivity index (χ3v) is 12.1. The van der Waals surface area contributed by atoms with E-state index in [4.69, 9.17) is 0 Å². The summed E-state index contributed by atoms with van der Waals surface area (Å²) in [5.41, 5.74) is 17.0. The van der Waals surface area contributed by atoms with Crippen LogP contribution in [-0.4, -0.2) is 0 Å². The molecule has 0 amide bonds. The molecule has 0 radical (unpaired) electrons. The van der Waals surface area contributed by atoms with Crippen molar-refractivity contribution in [3.05, 3.63) is 243 Å². The Balaban J connectivity index is 1.10. The summed E-state index contributed by atoms with van der Waals surface area (Å²) in [5, 5.41) is 7.52. The van der Waals surface area contributed by atoms with Crippen molar-refractivity contribution in [1.82, 2.24) is 0 Å². The smallest absolute Gasteiger partial charge is 0.00261 e. The number of hydrogen-bond donors (Lipinski definition) is 0. The van der Waals surface area contributed by atoms with Crippen LogP contribution in [0.15, 0.2) is 243 Å². The van der Waals surface area contributed by atoms with Gasteiger partial charge in [-0.1, -0.05) is 231 Å². The highest BCUT2D eigenvalue weighted by atomic mass is 14.2. The summed E-state index contributed by atoms with van der Waals surface area (Å²) in [6.45, 7) is 0. The Hall–Kier alpha value is -7.80. The van der Waals surface area contributed by atoms with Gasteiger partial charge in [-0.25, -0.2) is 0 Å². The van der Waals surface area contributed by atoms with Crippen LogP contribution in [0, 0.1) is 0 Å². The third-order valence-electron chi connectivity index (χ3n) is 12.1. The van der Waals surface area contributed by atoms with E-state index in [0.717, 1.165) is 0 Å². The highest BCUT2D eigenvalue weighted by Gasteiger charge is 2.20. The molecule has 0 saturated carbocycles. The van der Waals surface area contributed by atoms with Gasteiger partial charge in [0, 0.05) is 0 Å². The van der Waals surface area contributed by atoms with Gasteiger partial charge in [-0.15, -0.1) is 0 Å². The van der Waals surface area contributed by atoms with Gasteiger partial charge in [0.1, 0.15) is 0 Å². The Morgan fingerprint density at radius 2 is 0.550 bits per heavy atom. The Morgan fingerprint density at radius 1 is 0.167 bits per heavy atom. The molecular formula is C60H40. The lowest BCUT2D eigenvalue weighted by Gasteiger charge is -2.20. The van der Waals surface area contributed by atoms with Crippen molar-refractivity contribution >= 4 is 32.3 Å². The SMILES string of the molecule is c1ccc(-c2ccc(-c3ccc(-c4c5ccccc5c(-c5ccccc5)c5ccccc45)cc3-c3ccccc3-c3ccc(-c4ccc5ccccc5c4)cc3)cc2)cc1. The van der Waals surface area contributed by atoms with Crippen molar-refractivity contribution < 1.29 is 0 Å². The summed E-state index contributed by atoms with van der Waals surface area (Å²) >= 11 is 0. The molecule has 0 bridgehead atoms. The molecule has 280 valence electrons. The zero-order valence-corrected chi connectivity index (χ0v) is 33.1. The van der Waals surface area contributed by atoms with E-state index in [-0.39, 0.29) is 0 Å². The average Bonchev–Trinajstić information content (AvgIpc) is 3.33. The van der Waals surface area contributed by atoms with Crippen LogP contribution in [0.3, 0.4) is 0 Å². The zero-order valence-electron chi connectivity index (χ0n) is 33.1. The fourth-order valence-corrected chi connectivity index (χ4v) is 9.18. The Bertz CT molecular complexity index is 3260. The van der Waals surface area contributed by atoms with Crippen LogP contribution in [-0.2, 0) is 0 Å². The minimum Gasteiger partial charge on any atom is -0.0622 e. The molecule has 0 heterocycles. The van der Waals surface area contributed by atoms with Crippen molar-refractivity contribution in [2.45, 2.75) is 0 Å². The third kappa shape index (κ3) is 6.36. The first-order valence-electron chi connectivity index (χ1n) is 20.7. The summed E-state index contributed by atoms with van der Waals surface area (Å²) in [7, 11) is 0. The van der Waals surface area contributed by atoms with Crippen LogP contribution in [0.2, 0.25) is 0 Å². The first-order valence-corrected chi connectivity index (χ1v) is 20.7. The van der Waals surface area contributed by atoms with Crippen LogP contribution >= 0.6 is 0 Å². The minimum atomic E-state index is 1.19. The predicted octanol–water partition coefficient (Wildman–Crippen LogP) is 16.8. The van der Waals surface area contributed by atoms with E-state index in [1.807, 2.05) is 0 Å². The summed E-state index contributed by atoms with van der Waals surface area (Å²) < 4.78 is 0. The fourth-order valence-electron chi connectivity index (χ4n) is 9.18. The number of benzene rings is 11. The molecule has 11 aromatic rings. The second-order valence-corrected chi connectivity index (χ2v) is 15.6. The quantitative estimate of drug-likeness (QED) is 0.142. The average molecular weight is 761 g/mol. The van der Waals surface area contributed by atoms with Crippen molar-refractivity contribution in [3.8, 4) is 77.9 Å². The van der Waals surface area contributed by atoms with Gasteiger partial charge in [0.05, 0.1) is 0 Å². The van der Waals surface area contributed by atoms with Gasteiger partial charge in [-0.05, 0) is 122 Å². The van der Waals surface area contributed by atoms with Crippen LogP contribution in [0.4, 0.5) is 0 Å². The number of fused-ring (bicyclic) bond motifs is 3. The molecular weight excluding hydrogens is 721 g/mol. The van der Waals surface area contributed by atoms with Crippen molar-refractivity contribution in [3.63, 3.8) is 0 Å². The van der Waals surface area contributed by atoms with Crippen LogP contribution in [0.1, 0.15) is 0 Å². The van der Waals surface area contributed by atoms with E-state index in [1.165, 1.54) is 110 Å². The van der Waals surface area contributed by atoms with Crippen molar-refractivity contribution in [1.29, 1.82) is 0 Å². The number of rotatable bonds is 7. The lowest BCUT2D eigenvalue weighted by atomic mass is 9.83. The van der Waals surface area contributed by atoms with Gasteiger partial charge in [0.2, 0.25) is 0 Å². The highest BCUT2D eigenvalue weighted by molar-refractivity contribution is 6.21. The summed E-state index contributed by atoms with van der Waals surface area (Å²) in [6.07, 6.45) is 0. The molecule has 60 heavy (non-hydrogen) atoms. The Kier molecular flexibility index (Phi) is 8.95. The summed E-state index contributed by atoms with van der Waals surface area (Å²) in [4.78, 5) is 0. The van der Waals surface area contributed by atoms with E-state index < -0.39 is 0 Å². The number of hydrogen-bond acceptors (Lipinski definition) is 0. The van der Waals surface area contributed by atoms with Gasteiger partial charge in [0.25, 0.3) is 0 Å². The lowest BCUT2D eigenvalue weighted by Crippen LogP contribution is -1.93. The van der Waals surface area contributed by atoms with Crippen LogP contribution in [0.25, 0.3) is 110 Å². The van der Waals surface area contributed by atoms with Gasteiger partial charge in [0.15, 0.2) is 0 Å². The Labute approximate surface area is 351 Å². The van der Waals surface area contributed by atoms with Crippen LogP contribution < -0.4 is 0 Å². The summed E-state index contributed by atoms with van der Waals surface area (Å²) in [5.74, 6) is 0. The molecule has 0 spiro atoms. The molecule has 0 atom stereocenters. The summed E-state index contributed by atoms with van der Waals surface area (Å²) in [6, 6.07) is 88.8. The molecule has 0 nitrogen and oxygen atoms in total. The Morgan fingerprint density at radius 3 is 1.15 bits per heavy atom. The van der Waals surface area contributed by atoms with Crippen molar-refractivity contribution in [2.24, 2.45) is 0 Å². The molecule has 0 unspecified atom stereocenters. The normalized spacial score (nSPS) is 11.3. The maximum Gasteiger partial charge on any atom is -0.00261 e. The second kappa shape index (κ2) is 15.2. The molecule has 0 N–H and O–H groups in total. The fraction of sp³-hybridized carbons (Fsp3) is 0. The predicted molar refractivity (Wildman–Crippen MR) is 257 cm³/mol. The molecule has 0 aromatic heterocycles. The van der Waals surface area contributed by atoms with E-state index >= 15 is 0 Å². The first-order chi connectivity index (χ1) is 29.8. The molecule has 0 aliphatic carbocycles. The van der Waals surface area contributed by atoms with E-state index in [0.29, 0.717) is 0 Å². The molecule has 0 fully saturated rings. The zero-order chi connectivity index (χ0) is 39.8. The maximum atomic E-state index is 2.44. The van der Waals surface area contributed by atoms with Gasteiger partial charge in [-0.3, -0.25) is 0 Å². The molecule has 0 heteroatoms. The molecule has 0 aliphatic rings. The molecule has 11 aromatic carbocycles. The standard InChI is InChI=1S/C60H40/c1-3-15-41(16-4-1)43-27-32-46(33-28-43)52-38-37-50(60-56-25-13-11-23-54(56)59(47-18-5-2-6-19-47)55-24-12-14-26-57(55)60)40-58(52)53-22-10-9-21-51(53)45-34-29-44(30-35-45)49-36-31-42-17-7-8-20-48(42)39-49/h1-40H. The maximum absolute atomic E-state index is 2.44. The van der Waals surface area contributed by atoms with Gasteiger partial charge >= 0.3 is 0 Å². The van der Waals surface area contributed by atoms with Crippen LogP contribution in [0.5, 0.6) is 0 Å². The molecule has 11 rings (SSSR count). The minimum absolute atomic E-state index is 1.19. The monoisotopic (exact) mass is 760 g/mol. The second-order valence-electron chi connectivity index (χ2n) is 15.6. The highest BCUT2D eigenvalue weighted by Crippen LogP contribution is 2.47. The van der Waals surface area contributed by atoms with Crippen molar-refractivity contribution in [2.75, 3.05) is 0 Å². The van der Waals surface area contributed by atoms with E-state index in [9.17, 15) is 0 Å². The van der Waals surface area contributed by atoms with Gasteiger partial charge in [-0.2, -0.15) is 0 Å². The van der Waals surface area contributed by atoms with E-state index in [1.54, 1.807) is 0 Å². The largest absolute Gasteiger partial charge is 0.0622 e. The lowest BCUT2D eigenvalue weighted by molar-refractivity contribution is 1.55. The topological polar surface area (TPSA) is 0 Å². The first kappa shape index (κ1) is 35.4.